The Kier molecular flexibility index (Phi) is 4.94. The Morgan fingerprint density at radius 2 is 1.88 bits per heavy atom. The van der Waals surface area contributed by atoms with E-state index in [0.29, 0.717) is 12.0 Å². The SMILES string of the molecule is CC(C)CN(c1ncccc1C(C)N)C(C)C. The largest absolute Gasteiger partial charge is 0.354 e. The van der Waals surface area contributed by atoms with E-state index in [9.17, 15) is 0 Å². The fourth-order valence-corrected chi connectivity index (χ4v) is 1.94. The molecule has 3 nitrogen and oxygen atoms in total. The molecule has 1 unspecified atom stereocenters. The number of nitrogens with two attached hydrogens (primary N) is 1. The molecule has 0 spiro atoms. The fraction of sp³-hybridized carbons (Fsp3) is 0.643. The van der Waals surface area contributed by atoms with Crippen molar-refractivity contribution < 1.29 is 0 Å². The second-order valence-corrected chi connectivity index (χ2v) is 5.34. The molecule has 1 aromatic rings. The van der Waals surface area contributed by atoms with Gasteiger partial charge in [-0.05, 0) is 32.8 Å². The molecule has 0 aliphatic rings. The molecular formula is C14H25N3. The van der Waals surface area contributed by atoms with Gasteiger partial charge in [-0.15, -0.1) is 0 Å². The quantitative estimate of drug-likeness (QED) is 0.853. The lowest BCUT2D eigenvalue weighted by Gasteiger charge is -2.31. The Labute approximate surface area is 105 Å². The molecule has 0 saturated carbocycles. The van der Waals surface area contributed by atoms with Gasteiger partial charge in [0.05, 0.1) is 0 Å². The van der Waals surface area contributed by atoms with Crippen LogP contribution in [0.5, 0.6) is 0 Å². The molecule has 0 aliphatic heterocycles. The van der Waals surface area contributed by atoms with E-state index in [0.717, 1.165) is 17.9 Å². The fourth-order valence-electron chi connectivity index (χ4n) is 1.94. The standard InChI is InChI=1S/C14H25N3/c1-10(2)9-17(11(3)4)14-13(12(5)15)7-6-8-16-14/h6-8,10-12H,9,15H2,1-5H3. The van der Waals surface area contributed by atoms with Crippen molar-refractivity contribution in [2.75, 3.05) is 11.4 Å². The number of hydrogen-bond acceptors (Lipinski definition) is 3. The predicted octanol–water partition coefficient (Wildman–Crippen LogP) is 2.97. The molecule has 1 rings (SSSR count). The Hall–Kier alpha value is -1.09. The summed E-state index contributed by atoms with van der Waals surface area (Å²) in [6.45, 7) is 11.9. The van der Waals surface area contributed by atoms with E-state index in [1.54, 1.807) is 0 Å². The van der Waals surface area contributed by atoms with Crippen LogP contribution in [0, 0.1) is 5.92 Å². The molecular weight excluding hydrogens is 210 g/mol. The highest BCUT2D eigenvalue weighted by molar-refractivity contribution is 5.49. The first-order valence-electron chi connectivity index (χ1n) is 6.40. The van der Waals surface area contributed by atoms with E-state index < -0.39 is 0 Å². The van der Waals surface area contributed by atoms with Crippen LogP contribution >= 0.6 is 0 Å². The van der Waals surface area contributed by atoms with E-state index >= 15 is 0 Å². The highest BCUT2D eigenvalue weighted by Gasteiger charge is 2.18. The summed E-state index contributed by atoms with van der Waals surface area (Å²) in [6.07, 6.45) is 1.84. The van der Waals surface area contributed by atoms with Crippen molar-refractivity contribution >= 4 is 5.82 Å². The topological polar surface area (TPSA) is 42.2 Å². The van der Waals surface area contributed by atoms with E-state index in [1.165, 1.54) is 0 Å². The zero-order chi connectivity index (χ0) is 13.0. The first-order valence-corrected chi connectivity index (χ1v) is 6.40. The van der Waals surface area contributed by atoms with E-state index in [1.807, 2.05) is 19.2 Å². The average Bonchev–Trinajstić information content (AvgIpc) is 2.25. The van der Waals surface area contributed by atoms with Gasteiger partial charge in [0.25, 0.3) is 0 Å². The summed E-state index contributed by atoms with van der Waals surface area (Å²) in [5.74, 6) is 1.64. The number of aromatic nitrogens is 1. The van der Waals surface area contributed by atoms with Crippen LogP contribution in [0.1, 0.15) is 46.2 Å². The number of nitrogens with zero attached hydrogens (tertiary/aromatic N) is 2. The van der Waals surface area contributed by atoms with Gasteiger partial charge in [-0.1, -0.05) is 19.9 Å². The van der Waals surface area contributed by atoms with Gasteiger partial charge in [-0.3, -0.25) is 0 Å². The van der Waals surface area contributed by atoms with Crippen molar-refractivity contribution in [3.05, 3.63) is 23.9 Å². The van der Waals surface area contributed by atoms with Crippen LogP contribution in [-0.2, 0) is 0 Å². The Balaban J connectivity index is 3.09. The zero-order valence-corrected chi connectivity index (χ0v) is 11.6. The normalized spacial score (nSPS) is 13.2. The van der Waals surface area contributed by atoms with Gasteiger partial charge in [-0.25, -0.2) is 4.98 Å². The molecule has 0 saturated heterocycles. The van der Waals surface area contributed by atoms with Crippen molar-refractivity contribution in [3.8, 4) is 0 Å². The first kappa shape index (κ1) is 14.0. The second kappa shape index (κ2) is 6.01. The van der Waals surface area contributed by atoms with Crippen LogP contribution < -0.4 is 10.6 Å². The molecule has 0 fully saturated rings. The average molecular weight is 235 g/mol. The van der Waals surface area contributed by atoms with Crippen molar-refractivity contribution in [1.29, 1.82) is 0 Å². The van der Waals surface area contributed by atoms with Crippen LogP contribution in [0.3, 0.4) is 0 Å². The van der Waals surface area contributed by atoms with Crippen LogP contribution in [0.4, 0.5) is 5.82 Å². The molecule has 0 aromatic carbocycles. The van der Waals surface area contributed by atoms with Gasteiger partial charge >= 0.3 is 0 Å². The minimum Gasteiger partial charge on any atom is -0.354 e. The predicted molar refractivity (Wildman–Crippen MR) is 74.2 cm³/mol. The summed E-state index contributed by atoms with van der Waals surface area (Å²) in [6, 6.07) is 4.48. The first-order chi connectivity index (χ1) is 7.93. The lowest BCUT2D eigenvalue weighted by atomic mass is 10.1. The van der Waals surface area contributed by atoms with Gasteiger partial charge in [0.2, 0.25) is 0 Å². The monoisotopic (exact) mass is 235 g/mol. The summed E-state index contributed by atoms with van der Waals surface area (Å²) in [7, 11) is 0. The Morgan fingerprint density at radius 1 is 1.24 bits per heavy atom. The maximum absolute atomic E-state index is 6.02. The molecule has 1 heterocycles. The summed E-state index contributed by atoms with van der Waals surface area (Å²) >= 11 is 0. The van der Waals surface area contributed by atoms with Crippen molar-refractivity contribution in [3.63, 3.8) is 0 Å². The van der Waals surface area contributed by atoms with Gasteiger partial charge in [0, 0.05) is 30.4 Å². The molecule has 0 bridgehead atoms. The van der Waals surface area contributed by atoms with Crippen LogP contribution in [0.25, 0.3) is 0 Å². The van der Waals surface area contributed by atoms with Crippen molar-refractivity contribution in [1.82, 2.24) is 4.98 Å². The summed E-state index contributed by atoms with van der Waals surface area (Å²) < 4.78 is 0. The third-order valence-electron chi connectivity index (χ3n) is 2.76. The molecule has 0 aliphatic carbocycles. The zero-order valence-electron chi connectivity index (χ0n) is 11.6. The summed E-state index contributed by atoms with van der Waals surface area (Å²) in [4.78, 5) is 6.86. The minimum atomic E-state index is 0.0205. The molecule has 1 atom stereocenters. The van der Waals surface area contributed by atoms with Crippen molar-refractivity contribution in [2.45, 2.75) is 46.7 Å². The lowest BCUT2D eigenvalue weighted by Crippen LogP contribution is -2.36. The maximum atomic E-state index is 6.02. The summed E-state index contributed by atoms with van der Waals surface area (Å²) in [5, 5.41) is 0. The van der Waals surface area contributed by atoms with Crippen LogP contribution in [0.2, 0.25) is 0 Å². The highest BCUT2D eigenvalue weighted by atomic mass is 15.2. The van der Waals surface area contributed by atoms with Crippen molar-refractivity contribution in [2.24, 2.45) is 11.7 Å². The highest BCUT2D eigenvalue weighted by Crippen LogP contribution is 2.24. The lowest BCUT2D eigenvalue weighted by molar-refractivity contribution is 0.562. The van der Waals surface area contributed by atoms with Gasteiger partial charge in [0.15, 0.2) is 0 Å². The Bertz CT molecular complexity index is 345. The number of rotatable bonds is 5. The maximum Gasteiger partial charge on any atom is 0.133 e. The molecule has 17 heavy (non-hydrogen) atoms. The number of hydrogen-bond donors (Lipinski definition) is 1. The molecule has 96 valence electrons. The minimum absolute atomic E-state index is 0.0205. The third kappa shape index (κ3) is 3.70. The van der Waals surface area contributed by atoms with Gasteiger partial charge in [0.1, 0.15) is 5.82 Å². The summed E-state index contributed by atoms with van der Waals surface area (Å²) in [5.41, 5.74) is 7.14. The molecule has 3 heteroatoms. The van der Waals surface area contributed by atoms with E-state index in [-0.39, 0.29) is 6.04 Å². The molecule has 2 N–H and O–H groups in total. The van der Waals surface area contributed by atoms with E-state index in [2.05, 4.69) is 43.6 Å². The molecule has 1 aromatic heterocycles. The Morgan fingerprint density at radius 3 is 2.35 bits per heavy atom. The van der Waals surface area contributed by atoms with Crippen LogP contribution in [0.15, 0.2) is 18.3 Å². The van der Waals surface area contributed by atoms with Gasteiger partial charge in [-0.2, -0.15) is 0 Å². The second-order valence-electron chi connectivity index (χ2n) is 5.34. The van der Waals surface area contributed by atoms with Crippen LogP contribution in [-0.4, -0.2) is 17.6 Å². The number of anilines is 1. The number of pyridine rings is 1. The van der Waals surface area contributed by atoms with Gasteiger partial charge < -0.3 is 10.6 Å². The third-order valence-corrected chi connectivity index (χ3v) is 2.76. The molecule has 0 amide bonds. The smallest absolute Gasteiger partial charge is 0.133 e. The molecule has 0 radical (unpaired) electrons. The van der Waals surface area contributed by atoms with E-state index in [4.69, 9.17) is 5.73 Å².